The molecular formula is C13H20ClN3. The van der Waals surface area contributed by atoms with E-state index in [0.717, 1.165) is 43.2 Å². The van der Waals surface area contributed by atoms with Crippen LogP contribution in [0.4, 0.5) is 5.82 Å². The molecule has 4 heteroatoms. The standard InChI is InChI=1S/C13H20ClN3/c1-2-3-11-8-12(17-10-16-11)15-9-13(4-5-13)6-7-14/h8,10H,2-7,9H2,1H3,(H,15,16,17). The lowest BCUT2D eigenvalue weighted by Gasteiger charge is -2.14. The van der Waals surface area contributed by atoms with Gasteiger partial charge in [-0.25, -0.2) is 9.97 Å². The van der Waals surface area contributed by atoms with Gasteiger partial charge in [-0.15, -0.1) is 11.6 Å². The molecule has 0 aliphatic heterocycles. The van der Waals surface area contributed by atoms with Crippen LogP contribution in [0.1, 0.15) is 38.3 Å². The number of nitrogens with one attached hydrogen (secondary N) is 1. The molecule has 2 rings (SSSR count). The second-order valence-corrected chi connectivity index (χ2v) is 5.32. The minimum Gasteiger partial charge on any atom is -0.369 e. The van der Waals surface area contributed by atoms with Crippen LogP contribution in [-0.4, -0.2) is 22.4 Å². The summed E-state index contributed by atoms with van der Waals surface area (Å²) in [6, 6.07) is 2.06. The number of alkyl halides is 1. The fourth-order valence-corrected chi connectivity index (χ4v) is 2.46. The maximum Gasteiger partial charge on any atom is 0.129 e. The number of rotatable bonds is 7. The molecule has 1 heterocycles. The third-order valence-electron chi connectivity index (χ3n) is 3.46. The van der Waals surface area contributed by atoms with Gasteiger partial charge in [-0.2, -0.15) is 0 Å². The fourth-order valence-electron chi connectivity index (χ4n) is 2.06. The molecule has 94 valence electrons. The summed E-state index contributed by atoms with van der Waals surface area (Å²) in [5.74, 6) is 1.70. The molecule has 1 saturated carbocycles. The van der Waals surface area contributed by atoms with Crippen molar-refractivity contribution in [3.05, 3.63) is 18.1 Å². The maximum absolute atomic E-state index is 5.82. The van der Waals surface area contributed by atoms with Gasteiger partial charge in [-0.1, -0.05) is 13.3 Å². The Hall–Kier alpha value is -0.830. The van der Waals surface area contributed by atoms with Gasteiger partial charge in [0.2, 0.25) is 0 Å². The number of aryl methyl sites for hydroxylation is 1. The lowest BCUT2D eigenvalue weighted by molar-refractivity contribution is 0.524. The van der Waals surface area contributed by atoms with Crippen molar-refractivity contribution in [1.29, 1.82) is 0 Å². The van der Waals surface area contributed by atoms with Crippen molar-refractivity contribution in [2.75, 3.05) is 17.7 Å². The van der Waals surface area contributed by atoms with Gasteiger partial charge < -0.3 is 5.32 Å². The normalized spacial score (nSPS) is 16.8. The summed E-state index contributed by atoms with van der Waals surface area (Å²) in [4.78, 5) is 8.51. The van der Waals surface area contributed by atoms with Gasteiger partial charge in [0.05, 0.1) is 0 Å². The molecule has 1 N–H and O–H groups in total. The Morgan fingerprint density at radius 2 is 2.24 bits per heavy atom. The van der Waals surface area contributed by atoms with Crippen LogP contribution in [0, 0.1) is 5.41 Å². The van der Waals surface area contributed by atoms with Gasteiger partial charge in [-0.05, 0) is 31.1 Å². The van der Waals surface area contributed by atoms with Crippen molar-refractivity contribution in [2.45, 2.75) is 39.0 Å². The lowest BCUT2D eigenvalue weighted by atomic mass is 10.0. The fraction of sp³-hybridized carbons (Fsp3) is 0.692. The molecule has 1 fully saturated rings. The number of hydrogen-bond acceptors (Lipinski definition) is 3. The summed E-state index contributed by atoms with van der Waals surface area (Å²) in [6.07, 6.45) is 7.47. The molecule has 1 aromatic rings. The van der Waals surface area contributed by atoms with Gasteiger partial charge in [-0.3, -0.25) is 0 Å². The minimum absolute atomic E-state index is 0.442. The van der Waals surface area contributed by atoms with Crippen molar-refractivity contribution in [3.63, 3.8) is 0 Å². The van der Waals surface area contributed by atoms with Crippen molar-refractivity contribution < 1.29 is 0 Å². The minimum atomic E-state index is 0.442. The van der Waals surface area contributed by atoms with Crippen LogP contribution >= 0.6 is 11.6 Å². The summed E-state index contributed by atoms with van der Waals surface area (Å²) in [5, 5.41) is 3.42. The summed E-state index contributed by atoms with van der Waals surface area (Å²) in [5.41, 5.74) is 1.56. The third-order valence-corrected chi connectivity index (χ3v) is 3.65. The Labute approximate surface area is 108 Å². The highest BCUT2D eigenvalue weighted by Crippen LogP contribution is 2.48. The number of anilines is 1. The number of nitrogens with zero attached hydrogens (tertiary/aromatic N) is 2. The van der Waals surface area contributed by atoms with Gasteiger partial charge in [0.25, 0.3) is 0 Å². The van der Waals surface area contributed by atoms with E-state index in [2.05, 4.69) is 28.3 Å². The van der Waals surface area contributed by atoms with Crippen LogP contribution < -0.4 is 5.32 Å². The maximum atomic E-state index is 5.82. The third kappa shape index (κ3) is 3.56. The molecule has 1 aliphatic carbocycles. The molecule has 0 unspecified atom stereocenters. The largest absolute Gasteiger partial charge is 0.369 e. The Bertz CT molecular complexity index is 363. The highest BCUT2D eigenvalue weighted by molar-refractivity contribution is 6.17. The smallest absolute Gasteiger partial charge is 0.129 e. The van der Waals surface area contributed by atoms with E-state index < -0.39 is 0 Å². The second kappa shape index (κ2) is 5.67. The molecule has 0 saturated heterocycles. The molecule has 0 radical (unpaired) electrons. The molecule has 0 spiro atoms. The topological polar surface area (TPSA) is 37.8 Å². The van der Waals surface area contributed by atoms with Crippen molar-refractivity contribution in [2.24, 2.45) is 5.41 Å². The average molecular weight is 254 g/mol. The molecule has 0 amide bonds. The first-order valence-corrected chi connectivity index (χ1v) is 6.92. The van der Waals surface area contributed by atoms with E-state index in [0.29, 0.717) is 5.41 Å². The molecular weight excluding hydrogens is 234 g/mol. The van der Waals surface area contributed by atoms with Crippen LogP contribution in [0.5, 0.6) is 0 Å². The summed E-state index contributed by atoms with van der Waals surface area (Å²) >= 11 is 5.82. The Kier molecular flexibility index (Phi) is 4.21. The summed E-state index contributed by atoms with van der Waals surface area (Å²) < 4.78 is 0. The zero-order valence-electron chi connectivity index (χ0n) is 10.4. The predicted octanol–water partition coefficient (Wildman–Crippen LogP) is 3.25. The van der Waals surface area contributed by atoms with Crippen molar-refractivity contribution in [1.82, 2.24) is 9.97 Å². The average Bonchev–Trinajstić information content (AvgIpc) is 3.09. The van der Waals surface area contributed by atoms with Crippen LogP contribution in [0.15, 0.2) is 12.4 Å². The molecule has 0 atom stereocenters. The van der Waals surface area contributed by atoms with E-state index in [1.807, 2.05) is 0 Å². The first-order chi connectivity index (χ1) is 8.28. The zero-order chi connectivity index (χ0) is 12.1. The van der Waals surface area contributed by atoms with Gasteiger partial charge in [0.1, 0.15) is 12.1 Å². The molecule has 0 bridgehead atoms. The Morgan fingerprint density at radius 3 is 2.88 bits per heavy atom. The van der Waals surface area contributed by atoms with Crippen LogP contribution in [0.2, 0.25) is 0 Å². The first kappa shape index (κ1) is 12.6. The van der Waals surface area contributed by atoms with E-state index in [-0.39, 0.29) is 0 Å². The first-order valence-electron chi connectivity index (χ1n) is 6.39. The van der Waals surface area contributed by atoms with Crippen molar-refractivity contribution >= 4 is 17.4 Å². The monoisotopic (exact) mass is 253 g/mol. The second-order valence-electron chi connectivity index (χ2n) is 4.94. The van der Waals surface area contributed by atoms with Gasteiger partial charge in [0.15, 0.2) is 0 Å². The lowest BCUT2D eigenvalue weighted by Crippen LogP contribution is -2.16. The summed E-state index contributed by atoms with van der Waals surface area (Å²) in [6.45, 7) is 3.15. The Morgan fingerprint density at radius 1 is 1.41 bits per heavy atom. The van der Waals surface area contributed by atoms with Crippen LogP contribution in [0.25, 0.3) is 0 Å². The quantitative estimate of drug-likeness (QED) is 0.758. The highest BCUT2D eigenvalue weighted by atomic mass is 35.5. The van der Waals surface area contributed by atoms with E-state index in [9.17, 15) is 0 Å². The van der Waals surface area contributed by atoms with Crippen molar-refractivity contribution in [3.8, 4) is 0 Å². The molecule has 1 aliphatic rings. The number of halogens is 1. The van der Waals surface area contributed by atoms with E-state index in [4.69, 9.17) is 11.6 Å². The molecule has 17 heavy (non-hydrogen) atoms. The highest BCUT2D eigenvalue weighted by Gasteiger charge is 2.41. The molecule has 1 aromatic heterocycles. The van der Waals surface area contributed by atoms with Gasteiger partial charge in [0, 0.05) is 24.2 Å². The number of aromatic nitrogens is 2. The van der Waals surface area contributed by atoms with Crippen LogP contribution in [-0.2, 0) is 6.42 Å². The van der Waals surface area contributed by atoms with E-state index in [1.165, 1.54) is 12.8 Å². The van der Waals surface area contributed by atoms with E-state index >= 15 is 0 Å². The summed E-state index contributed by atoms with van der Waals surface area (Å²) in [7, 11) is 0. The SMILES string of the molecule is CCCc1cc(NCC2(CCCl)CC2)ncn1. The van der Waals surface area contributed by atoms with E-state index in [1.54, 1.807) is 6.33 Å². The number of hydrogen-bond donors (Lipinski definition) is 1. The van der Waals surface area contributed by atoms with Crippen LogP contribution in [0.3, 0.4) is 0 Å². The Balaban J connectivity index is 1.88. The predicted molar refractivity (Wildman–Crippen MR) is 71.5 cm³/mol. The zero-order valence-corrected chi connectivity index (χ0v) is 11.1. The molecule has 0 aromatic carbocycles. The van der Waals surface area contributed by atoms with Gasteiger partial charge >= 0.3 is 0 Å². The molecule has 3 nitrogen and oxygen atoms in total.